The Morgan fingerprint density at radius 2 is 2.06 bits per heavy atom. The van der Waals surface area contributed by atoms with E-state index in [2.05, 4.69) is 48.2 Å². The molecule has 2 rings (SSSR count). The van der Waals surface area contributed by atoms with Gasteiger partial charge in [0.2, 0.25) is 0 Å². The third-order valence-electron chi connectivity index (χ3n) is 2.64. The first-order valence-corrected chi connectivity index (χ1v) is 7.23. The van der Waals surface area contributed by atoms with Gasteiger partial charge in [-0.25, -0.2) is 9.97 Å². The van der Waals surface area contributed by atoms with Gasteiger partial charge in [-0.05, 0) is 25.5 Å². The van der Waals surface area contributed by atoms with Crippen LogP contribution in [0.5, 0.6) is 0 Å². The maximum atomic E-state index is 4.60. The second-order valence-electron chi connectivity index (χ2n) is 4.25. The second kappa shape index (κ2) is 5.96. The molecule has 0 aliphatic rings. The number of aryl methyl sites for hydroxylation is 2. The molecule has 0 spiro atoms. The minimum absolute atomic E-state index is 0.860. The molecule has 2 heterocycles. The highest BCUT2D eigenvalue weighted by atomic mass is 32.1. The first kappa shape index (κ1) is 13.0. The van der Waals surface area contributed by atoms with E-state index in [0.29, 0.717) is 0 Å². The molecule has 0 aliphatic carbocycles. The van der Waals surface area contributed by atoms with Crippen LogP contribution in [0.1, 0.15) is 31.0 Å². The lowest BCUT2D eigenvalue weighted by molar-refractivity contribution is 0.920. The fraction of sp³-hybridized carbons (Fsp3) is 0.429. The van der Waals surface area contributed by atoms with E-state index in [1.807, 2.05) is 6.07 Å². The van der Waals surface area contributed by atoms with Crippen LogP contribution in [0.2, 0.25) is 0 Å². The molecule has 0 saturated carbocycles. The van der Waals surface area contributed by atoms with Gasteiger partial charge in [-0.15, -0.1) is 11.3 Å². The largest absolute Gasteiger partial charge is 0.370 e. The second-order valence-corrected chi connectivity index (χ2v) is 5.53. The predicted octanol–water partition coefficient (Wildman–Crippen LogP) is 3.90. The van der Waals surface area contributed by atoms with Gasteiger partial charge in [-0.2, -0.15) is 0 Å². The van der Waals surface area contributed by atoms with E-state index in [0.717, 1.165) is 36.7 Å². The van der Waals surface area contributed by atoms with E-state index < -0.39 is 0 Å². The summed E-state index contributed by atoms with van der Waals surface area (Å²) in [6.07, 6.45) is 1.96. The SMILES string of the molecule is CCCNc1cc(-c2ccc(C)s2)nc(CC)n1. The molecule has 2 aromatic heterocycles. The van der Waals surface area contributed by atoms with E-state index in [1.54, 1.807) is 11.3 Å². The number of nitrogens with one attached hydrogen (secondary N) is 1. The van der Waals surface area contributed by atoms with Crippen LogP contribution in [-0.2, 0) is 6.42 Å². The molecule has 18 heavy (non-hydrogen) atoms. The Labute approximate surface area is 112 Å². The molecule has 0 aromatic carbocycles. The van der Waals surface area contributed by atoms with Crippen molar-refractivity contribution in [3.05, 3.63) is 28.9 Å². The van der Waals surface area contributed by atoms with Gasteiger partial charge in [-0.1, -0.05) is 13.8 Å². The lowest BCUT2D eigenvalue weighted by atomic mass is 10.3. The number of nitrogens with zero attached hydrogens (tertiary/aromatic N) is 2. The van der Waals surface area contributed by atoms with E-state index in [1.165, 1.54) is 9.75 Å². The molecule has 1 N–H and O–H groups in total. The summed E-state index contributed by atoms with van der Waals surface area (Å²) < 4.78 is 0. The van der Waals surface area contributed by atoms with Crippen molar-refractivity contribution in [3.8, 4) is 10.6 Å². The highest BCUT2D eigenvalue weighted by Crippen LogP contribution is 2.27. The first-order valence-electron chi connectivity index (χ1n) is 6.41. The van der Waals surface area contributed by atoms with Crippen molar-refractivity contribution in [2.45, 2.75) is 33.6 Å². The first-order chi connectivity index (χ1) is 8.72. The van der Waals surface area contributed by atoms with Crippen molar-refractivity contribution in [3.63, 3.8) is 0 Å². The average molecular weight is 261 g/mol. The van der Waals surface area contributed by atoms with Crippen LogP contribution in [0.3, 0.4) is 0 Å². The molecule has 0 bridgehead atoms. The maximum Gasteiger partial charge on any atom is 0.131 e. The van der Waals surface area contributed by atoms with Crippen molar-refractivity contribution in [2.75, 3.05) is 11.9 Å². The van der Waals surface area contributed by atoms with Crippen LogP contribution in [0, 0.1) is 6.92 Å². The lowest BCUT2D eigenvalue weighted by Gasteiger charge is -2.07. The quantitative estimate of drug-likeness (QED) is 0.887. The smallest absolute Gasteiger partial charge is 0.131 e. The minimum Gasteiger partial charge on any atom is -0.370 e. The van der Waals surface area contributed by atoms with Crippen LogP contribution in [-0.4, -0.2) is 16.5 Å². The number of anilines is 1. The Balaban J connectivity index is 2.34. The zero-order valence-electron chi connectivity index (χ0n) is 11.2. The Morgan fingerprint density at radius 3 is 2.67 bits per heavy atom. The molecule has 3 nitrogen and oxygen atoms in total. The molecule has 0 aliphatic heterocycles. The van der Waals surface area contributed by atoms with Crippen molar-refractivity contribution >= 4 is 17.2 Å². The van der Waals surface area contributed by atoms with Crippen LogP contribution >= 0.6 is 11.3 Å². The summed E-state index contributed by atoms with van der Waals surface area (Å²) in [5, 5.41) is 3.34. The van der Waals surface area contributed by atoms with Gasteiger partial charge in [0.1, 0.15) is 11.6 Å². The molecule has 0 atom stereocenters. The minimum atomic E-state index is 0.860. The third-order valence-corrected chi connectivity index (χ3v) is 3.66. The van der Waals surface area contributed by atoms with E-state index >= 15 is 0 Å². The topological polar surface area (TPSA) is 37.8 Å². The molecular formula is C14H19N3S. The van der Waals surface area contributed by atoms with Crippen LogP contribution in [0.25, 0.3) is 10.6 Å². The van der Waals surface area contributed by atoms with Crippen LogP contribution in [0.15, 0.2) is 18.2 Å². The number of aromatic nitrogens is 2. The molecule has 0 fully saturated rings. The fourth-order valence-corrected chi connectivity index (χ4v) is 2.53. The summed E-state index contributed by atoms with van der Waals surface area (Å²) in [6, 6.07) is 6.30. The van der Waals surface area contributed by atoms with E-state index in [-0.39, 0.29) is 0 Å². The average Bonchev–Trinajstić information content (AvgIpc) is 2.82. The van der Waals surface area contributed by atoms with Crippen molar-refractivity contribution in [1.29, 1.82) is 0 Å². The molecule has 96 valence electrons. The van der Waals surface area contributed by atoms with Gasteiger partial charge in [0.15, 0.2) is 0 Å². The van der Waals surface area contributed by atoms with Crippen LogP contribution in [0.4, 0.5) is 5.82 Å². The summed E-state index contributed by atoms with van der Waals surface area (Å²) in [5.74, 6) is 1.84. The van der Waals surface area contributed by atoms with Gasteiger partial charge >= 0.3 is 0 Å². The zero-order valence-corrected chi connectivity index (χ0v) is 12.0. The lowest BCUT2D eigenvalue weighted by Crippen LogP contribution is -2.05. The molecule has 0 radical (unpaired) electrons. The van der Waals surface area contributed by atoms with E-state index in [9.17, 15) is 0 Å². The summed E-state index contributed by atoms with van der Waals surface area (Å²) in [6.45, 7) is 7.30. The van der Waals surface area contributed by atoms with Gasteiger partial charge in [0, 0.05) is 23.9 Å². The molecule has 0 unspecified atom stereocenters. The molecule has 0 saturated heterocycles. The van der Waals surface area contributed by atoms with Crippen LogP contribution < -0.4 is 5.32 Å². The normalized spacial score (nSPS) is 10.6. The number of thiophene rings is 1. The van der Waals surface area contributed by atoms with Gasteiger partial charge in [0.05, 0.1) is 10.6 Å². The fourth-order valence-electron chi connectivity index (χ4n) is 1.70. The maximum absolute atomic E-state index is 4.60. The van der Waals surface area contributed by atoms with E-state index in [4.69, 9.17) is 0 Å². The van der Waals surface area contributed by atoms with Crippen molar-refractivity contribution in [2.24, 2.45) is 0 Å². The summed E-state index contributed by atoms with van der Waals surface area (Å²) in [4.78, 5) is 11.6. The van der Waals surface area contributed by atoms with Gasteiger partial charge < -0.3 is 5.32 Å². The number of hydrogen-bond donors (Lipinski definition) is 1. The highest BCUT2D eigenvalue weighted by molar-refractivity contribution is 7.15. The Bertz CT molecular complexity index is 520. The molecule has 2 aromatic rings. The summed E-state index contributed by atoms with van der Waals surface area (Å²) in [7, 11) is 0. The standard InChI is InChI=1S/C14H19N3S/c1-4-8-15-14-9-11(16-13(5-2)17-14)12-7-6-10(3)18-12/h6-7,9H,4-5,8H2,1-3H3,(H,15,16,17). The third kappa shape index (κ3) is 3.07. The van der Waals surface area contributed by atoms with Gasteiger partial charge in [-0.3, -0.25) is 0 Å². The summed E-state index contributed by atoms with van der Waals surface area (Å²) in [5.41, 5.74) is 1.03. The molecule has 4 heteroatoms. The Hall–Kier alpha value is -1.42. The monoisotopic (exact) mass is 261 g/mol. The summed E-state index contributed by atoms with van der Waals surface area (Å²) >= 11 is 1.77. The predicted molar refractivity (Wildman–Crippen MR) is 78.2 cm³/mol. The van der Waals surface area contributed by atoms with Crippen molar-refractivity contribution in [1.82, 2.24) is 9.97 Å². The highest BCUT2D eigenvalue weighted by Gasteiger charge is 2.07. The molecule has 0 amide bonds. The van der Waals surface area contributed by atoms with Gasteiger partial charge in [0.25, 0.3) is 0 Å². The molecular weight excluding hydrogens is 242 g/mol. The zero-order chi connectivity index (χ0) is 13.0. The number of rotatable bonds is 5. The Morgan fingerprint density at radius 1 is 1.22 bits per heavy atom. The Kier molecular flexibility index (Phi) is 4.31. The van der Waals surface area contributed by atoms with Crippen molar-refractivity contribution < 1.29 is 0 Å². The number of hydrogen-bond acceptors (Lipinski definition) is 4.